The fourth-order valence-electron chi connectivity index (χ4n) is 2.71. The molecule has 2 rings (SSSR count). The molecule has 3 nitrogen and oxygen atoms in total. The van der Waals surface area contributed by atoms with E-state index in [0.29, 0.717) is 5.02 Å². The number of carbonyl (C=O) groups is 1. The van der Waals surface area contributed by atoms with Gasteiger partial charge < -0.3 is 5.11 Å². The van der Waals surface area contributed by atoms with Crippen LogP contribution in [0.4, 0.5) is 0 Å². The number of benzene rings is 1. The number of hydrogen-bond acceptors (Lipinski definition) is 2. The van der Waals surface area contributed by atoms with Gasteiger partial charge in [0.15, 0.2) is 0 Å². The van der Waals surface area contributed by atoms with E-state index in [1.165, 1.54) is 25.7 Å². The van der Waals surface area contributed by atoms with Crippen molar-refractivity contribution in [3.05, 3.63) is 33.3 Å². The molecule has 0 amide bonds. The number of nitrogens with one attached hydrogen (secondary N) is 1. The van der Waals surface area contributed by atoms with Crippen LogP contribution in [0.25, 0.3) is 0 Å². The highest BCUT2D eigenvalue weighted by Crippen LogP contribution is 2.28. The summed E-state index contributed by atoms with van der Waals surface area (Å²) in [6.45, 7) is 0. The number of aliphatic carboxylic acids is 1. The van der Waals surface area contributed by atoms with E-state index in [4.69, 9.17) is 11.6 Å². The van der Waals surface area contributed by atoms with Gasteiger partial charge in [-0.25, -0.2) is 0 Å². The summed E-state index contributed by atoms with van der Waals surface area (Å²) in [4.78, 5) is 11.6. The van der Waals surface area contributed by atoms with Gasteiger partial charge in [-0.2, -0.15) is 0 Å². The number of carboxylic acid groups (broad SMARTS) is 1. The summed E-state index contributed by atoms with van der Waals surface area (Å²) in [7, 11) is 0. The average molecular weight is 361 g/mol. The number of hydrogen-bond donors (Lipinski definition) is 2. The highest BCUT2D eigenvalue weighted by atomic mass is 79.9. The number of carboxylic acids is 1. The van der Waals surface area contributed by atoms with Gasteiger partial charge in [0.2, 0.25) is 0 Å². The van der Waals surface area contributed by atoms with E-state index in [9.17, 15) is 9.90 Å². The molecule has 0 saturated heterocycles. The maximum Gasteiger partial charge on any atom is 0.325 e. The van der Waals surface area contributed by atoms with Crippen molar-refractivity contribution in [2.45, 2.75) is 50.6 Å². The second kappa shape index (κ2) is 7.43. The first-order valence-corrected chi connectivity index (χ1v) is 8.19. The molecule has 110 valence electrons. The minimum atomic E-state index is -0.850. The molecular weight excluding hydrogens is 342 g/mol. The van der Waals surface area contributed by atoms with Gasteiger partial charge in [-0.3, -0.25) is 10.1 Å². The van der Waals surface area contributed by atoms with Crippen LogP contribution in [-0.4, -0.2) is 17.1 Å². The molecule has 0 heterocycles. The van der Waals surface area contributed by atoms with Crippen LogP contribution in [-0.2, 0) is 4.79 Å². The van der Waals surface area contributed by atoms with Gasteiger partial charge in [-0.1, -0.05) is 59.3 Å². The Balaban J connectivity index is 2.15. The number of halogens is 2. The lowest BCUT2D eigenvalue weighted by molar-refractivity contribution is -0.140. The molecule has 0 radical (unpaired) electrons. The Labute approximate surface area is 132 Å². The number of rotatable bonds is 4. The van der Waals surface area contributed by atoms with Crippen molar-refractivity contribution in [1.82, 2.24) is 5.32 Å². The van der Waals surface area contributed by atoms with Crippen molar-refractivity contribution in [3.8, 4) is 0 Å². The lowest BCUT2D eigenvalue weighted by Gasteiger charge is -2.23. The molecule has 0 bridgehead atoms. The third-order valence-corrected chi connectivity index (χ3v) is 4.70. The van der Waals surface area contributed by atoms with Crippen molar-refractivity contribution in [1.29, 1.82) is 0 Å². The van der Waals surface area contributed by atoms with Crippen molar-refractivity contribution in [3.63, 3.8) is 0 Å². The fourth-order valence-corrected chi connectivity index (χ4v) is 3.62. The molecule has 1 saturated carbocycles. The smallest absolute Gasteiger partial charge is 0.325 e. The normalized spacial score (nSPS) is 18.5. The zero-order valence-electron chi connectivity index (χ0n) is 11.2. The largest absolute Gasteiger partial charge is 0.480 e. The van der Waals surface area contributed by atoms with Crippen molar-refractivity contribution in [2.24, 2.45) is 0 Å². The minimum absolute atomic E-state index is 0.279. The van der Waals surface area contributed by atoms with E-state index >= 15 is 0 Å². The summed E-state index contributed by atoms with van der Waals surface area (Å²) < 4.78 is 0.735. The molecule has 1 aliphatic carbocycles. The molecule has 0 spiro atoms. The summed E-state index contributed by atoms with van der Waals surface area (Å²) >= 11 is 9.33. The molecule has 0 aromatic heterocycles. The van der Waals surface area contributed by atoms with Gasteiger partial charge in [0.1, 0.15) is 6.04 Å². The third kappa shape index (κ3) is 4.21. The maximum atomic E-state index is 11.6. The van der Waals surface area contributed by atoms with Crippen LogP contribution < -0.4 is 5.32 Å². The summed E-state index contributed by atoms with van der Waals surface area (Å²) in [6, 6.07) is 4.83. The molecule has 5 heteroatoms. The standard InChI is InChI=1S/C15H19BrClNO2/c16-13-9-10(17)7-8-12(13)14(15(19)20)18-11-5-3-1-2-4-6-11/h7-9,11,14,18H,1-6H2,(H,19,20). The maximum absolute atomic E-state index is 11.6. The van der Waals surface area contributed by atoms with Crippen LogP contribution >= 0.6 is 27.5 Å². The van der Waals surface area contributed by atoms with E-state index in [-0.39, 0.29) is 6.04 Å². The van der Waals surface area contributed by atoms with Crippen LogP contribution in [0.5, 0.6) is 0 Å². The van der Waals surface area contributed by atoms with E-state index in [0.717, 1.165) is 22.9 Å². The summed E-state index contributed by atoms with van der Waals surface area (Å²) in [6.07, 6.45) is 6.95. The molecule has 2 N–H and O–H groups in total. The predicted octanol–water partition coefficient (Wildman–Crippen LogP) is 4.54. The van der Waals surface area contributed by atoms with Gasteiger partial charge in [-0.15, -0.1) is 0 Å². The molecule has 0 aliphatic heterocycles. The lowest BCUT2D eigenvalue weighted by atomic mass is 10.0. The van der Waals surface area contributed by atoms with Crippen LogP contribution in [0, 0.1) is 0 Å². The Kier molecular flexibility index (Phi) is 5.87. The van der Waals surface area contributed by atoms with Crippen LogP contribution in [0.3, 0.4) is 0 Å². The van der Waals surface area contributed by atoms with Crippen LogP contribution in [0.15, 0.2) is 22.7 Å². The Morgan fingerprint density at radius 3 is 2.50 bits per heavy atom. The second-order valence-corrected chi connectivity index (χ2v) is 6.58. The second-order valence-electron chi connectivity index (χ2n) is 5.29. The fraction of sp³-hybridized carbons (Fsp3) is 0.533. The predicted molar refractivity (Wildman–Crippen MR) is 84.2 cm³/mol. The van der Waals surface area contributed by atoms with E-state index in [1.807, 2.05) is 0 Å². The van der Waals surface area contributed by atoms with Crippen LogP contribution in [0.1, 0.15) is 50.1 Å². The zero-order chi connectivity index (χ0) is 14.5. The SMILES string of the molecule is O=C(O)C(NC1CCCCCC1)c1ccc(Cl)cc1Br. The topological polar surface area (TPSA) is 49.3 Å². The molecule has 1 unspecified atom stereocenters. The van der Waals surface area contributed by atoms with Crippen LogP contribution in [0.2, 0.25) is 5.02 Å². The summed E-state index contributed by atoms with van der Waals surface area (Å²) in [5.74, 6) is -0.850. The van der Waals surface area contributed by atoms with Gasteiger partial charge in [0.25, 0.3) is 0 Å². The van der Waals surface area contributed by atoms with Gasteiger partial charge in [0, 0.05) is 15.5 Å². The van der Waals surface area contributed by atoms with Crippen molar-refractivity contribution >= 4 is 33.5 Å². The molecule has 20 heavy (non-hydrogen) atoms. The Bertz CT molecular complexity index is 473. The highest BCUT2D eigenvalue weighted by Gasteiger charge is 2.25. The Morgan fingerprint density at radius 1 is 1.30 bits per heavy atom. The first-order chi connectivity index (χ1) is 9.58. The third-order valence-electron chi connectivity index (χ3n) is 3.78. The first kappa shape index (κ1) is 15.8. The van der Waals surface area contributed by atoms with E-state index in [1.54, 1.807) is 18.2 Å². The monoisotopic (exact) mass is 359 g/mol. The molecule has 1 fully saturated rings. The zero-order valence-corrected chi connectivity index (χ0v) is 13.6. The molecule has 1 aromatic carbocycles. The molecule has 1 atom stereocenters. The van der Waals surface area contributed by atoms with E-state index in [2.05, 4.69) is 21.2 Å². The van der Waals surface area contributed by atoms with E-state index < -0.39 is 12.0 Å². The first-order valence-electron chi connectivity index (χ1n) is 7.01. The molecular formula is C15H19BrClNO2. The molecule has 1 aromatic rings. The quantitative estimate of drug-likeness (QED) is 0.775. The lowest BCUT2D eigenvalue weighted by Crippen LogP contribution is -2.37. The van der Waals surface area contributed by atoms with Gasteiger partial charge >= 0.3 is 5.97 Å². The Hall–Kier alpha value is -0.580. The van der Waals surface area contributed by atoms with Gasteiger partial charge in [0.05, 0.1) is 0 Å². The minimum Gasteiger partial charge on any atom is -0.480 e. The van der Waals surface area contributed by atoms with Crippen molar-refractivity contribution < 1.29 is 9.90 Å². The average Bonchev–Trinajstić information content (AvgIpc) is 2.65. The van der Waals surface area contributed by atoms with Crippen molar-refractivity contribution in [2.75, 3.05) is 0 Å². The van der Waals surface area contributed by atoms with Gasteiger partial charge in [-0.05, 0) is 30.5 Å². The Morgan fingerprint density at radius 2 is 1.95 bits per heavy atom. The summed E-state index contributed by atoms with van der Waals surface area (Å²) in [5.41, 5.74) is 0.728. The summed E-state index contributed by atoms with van der Waals surface area (Å²) in [5, 5.41) is 13.4. The highest BCUT2D eigenvalue weighted by molar-refractivity contribution is 9.10. The molecule has 1 aliphatic rings.